The van der Waals surface area contributed by atoms with Gasteiger partial charge < -0.3 is 10.1 Å². The van der Waals surface area contributed by atoms with Gasteiger partial charge in [0.1, 0.15) is 0 Å². The maximum atomic E-state index is 12.2. The number of morpholine rings is 1. The van der Waals surface area contributed by atoms with Crippen molar-refractivity contribution in [2.24, 2.45) is 0 Å². The van der Waals surface area contributed by atoms with E-state index in [-0.39, 0.29) is 5.91 Å². The lowest BCUT2D eigenvalue weighted by Gasteiger charge is -2.26. The van der Waals surface area contributed by atoms with Crippen molar-refractivity contribution < 1.29 is 9.53 Å². The minimum atomic E-state index is 0.0139. The fraction of sp³-hybridized carbons (Fsp3) is 0.421. The van der Waals surface area contributed by atoms with Crippen molar-refractivity contribution in [3.63, 3.8) is 0 Å². The van der Waals surface area contributed by atoms with E-state index in [1.54, 1.807) is 11.3 Å². The van der Waals surface area contributed by atoms with E-state index in [4.69, 9.17) is 4.74 Å². The van der Waals surface area contributed by atoms with Gasteiger partial charge in [0.25, 0.3) is 0 Å². The molecule has 0 spiro atoms. The lowest BCUT2D eigenvalue weighted by molar-refractivity contribution is -0.117. The van der Waals surface area contributed by atoms with Gasteiger partial charge in [-0.05, 0) is 36.2 Å². The molecule has 2 aromatic rings. The van der Waals surface area contributed by atoms with Gasteiger partial charge in [-0.25, -0.2) is 0 Å². The average molecular weight is 359 g/mol. The van der Waals surface area contributed by atoms with E-state index in [0.29, 0.717) is 6.54 Å². The minimum absolute atomic E-state index is 0.0139. The van der Waals surface area contributed by atoms with E-state index < -0.39 is 0 Å². The number of rotatable bonds is 7. The smallest absolute Gasteiger partial charge is 0.238 e. The van der Waals surface area contributed by atoms with E-state index in [9.17, 15) is 4.79 Å². The Morgan fingerprint density at radius 3 is 2.68 bits per heavy atom. The number of nitrogens with one attached hydrogen (secondary N) is 1. The maximum absolute atomic E-state index is 12.2. The molecular weight excluding hydrogens is 334 g/mol. The Morgan fingerprint density at radius 1 is 1.24 bits per heavy atom. The number of nitrogens with zero attached hydrogens (tertiary/aromatic N) is 2. The summed E-state index contributed by atoms with van der Waals surface area (Å²) in [7, 11) is 1.96. The molecule has 0 aliphatic carbocycles. The third-order valence-corrected chi connectivity index (χ3v) is 5.03. The molecular formula is C19H25N3O2S. The normalized spacial score (nSPS) is 15.4. The van der Waals surface area contributed by atoms with Crippen LogP contribution in [0, 0.1) is 0 Å². The van der Waals surface area contributed by atoms with Crippen molar-refractivity contribution in [2.45, 2.75) is 13.1 Å². The fourth-order valence-electron chi connectivity index (χ4n) is 2.88. The first-order valence-electron chi connectivity index (χ1n) is 8.59. The molecule has 0 unspecified atom stereocenters. The molecule has 1 fully saturated rings. The highest BCUT2D eigenvalue weighted by atomic mass is 32.1. The van der Waals surface area contributed by atoms with Gasteiger partial charge in [0, 0.05) is 36.7 Å². The Morgan fingerprint density at radius 2 is 2.00 bits per heavy atom. The molecule has 0 atom stereocenters. The molecule has 134 valence electrons. The van der Waals surface area contributed by atoms with Gasteiger partial charge in [0.15, 0.2) is 0 Å². The zero-order valence-corrected chi connectivity index (χ0v) is 15.4. The zero-order chi connectivity index (χ0) is 17.5. The van der Waals surface area contributed by atoms with E-state index in [1.165, 1.54) is 10.4 Å². The van der Waals surface area contributed by atoms with Gasteiger partial charge in [-0.1, -0.05) is 18.2 Å². The molecule has 2 heterocycles. The number of hydrogen-bond donors (Lipinski definition) is 1. The van der Waals surface area contributed by atoms with Crippen molar-refractivity contribution >= 4 is 22.9 Å². The molecule has 0 radical (unpaired) electrons. The predicted octanol–water partition coefficient (Wildman–Crippen LogP) is 2.65. The molecule has 1 N–H and O–H groups in total. The van der Waals surface area contributed by atoms with E-state index in [2.05, 4.69) is 33.8 Å². The van der Waals surface area contributed by atoms with Crippen LogP contribution in [0.3, 0.4) is 0 Å². The number of benzene rings is 1. The largest absolute Gasteiger partial charge is 0.379 e. The molecule has 1 aromatic carbocycles. The van der Waals surface area contributed by atoms with E-state index in [0.717, 1.165) is 45.1 Å². The number of anilines is 1. The second-order valence-electron chi connectivity index (χ2n) is 6.39. The summed E-state index contributed by atoms with van der Waals surface area (Å²) in [5, 5.41) is 5.03. The van der Waals surface area contributed by atoms with Crippen LogP contribution in [0.1, 0.15) is 10.4 Å². The summed E-state index contributed by atoms with van der Waals surface area (Å²) in [6.07, 6.45) is 0. The van der Waals surface area contributed by atoms with Crippen molar-refractivity contribution in [2.75, 3.05) is 45.2 Å². The number of carbonyl (C=O) groups is 1. The first-order chi connectivity index (χ1) is 12.2. The van der Waals surface area contributed by atoms with Crippen LogP contribution >= 0.6 is 11.3 Å². The number of amides is 1. The molecule has 5 nitrogen and oxygen atoms in total. The fourth-order valence-corrected chi connectivity index (χ4v) is 3.67. The first-order valence-corrected chi connectivity index (χ1v) is 9.47. The number of hydrogen-bond acceptors (Lipinski definition) is 5. The molecule has 6 heteroatoms. The zero-order valence-electron chi connectivity index (χ0n) is 14.6. The maximum Gasteiger partial charge on any atom is 0.238 e. The molecule has 1 aliphatic rings. The Kier molecular flexibility index (Phi) is 6.58. The molecule has 0 bridgehead atoms. The van der Waals surface area contributed by atoms with Gasteiger partial charge in [-0.2, -0.15) is 0 Å². The van der Waals surface area contributed by atoms with Gasteiger partial charge in [0.2, 0.25) is 5.91 Å². The Balaban J connectivity index is 1.44. The first kappa shape index (κ1) is 18.1. The molecule has 3 rings (SSSR count). The summed E-state index contributed by atoms with van der Waals surface area (Å²) in [6, 6.07) is 12.2. The summed E-state index contributed by atoms with van der Waals surface area (Å²) in [4.78, 5) is 17.9. The monoisotopic (exact) mass is 359 g/mol. The summed E-state index contributed by atoms with van der Waals surface area (Å²) in [5.41, 5.74) is 2.11. The van der Waals surface area contributed by atoms with Gasteiger partial charge in [-0.15, -0.1) is 11.3 Å². The van der Waals surface area contributed by atoms with E-state index >= 15 is 0 Å². The predicted molar refractivity (Wildman–Crippen MR) is 102 cm³/mol. The highest BCUT2D eigenvalue weighted by Gasteiger charge is 2.11. The summed E-state index contributed by atoms with van der Waals surface area (Å²) >= 11 is 1.71. The molecule has 1 amide bonds. The second-order valence-corrected chi connectivity index (χ2v) is 7.42. The summed E-state index contributed by atoms with van der Waals surface area (Å²) < 4.78 is 5.37. The third kappa shape index (κ3) is 5.93. The topological polar surface area (TPSA) is 44.8 Å². The van der Waals surface area contributed by atoms with Crippen molar-refractivity contribution in [1.29, 1.82) is 0 Å². The Bertz CT molecular complexity index is 652. The lowest BCUT2D eigenvalue weighted by atomic mass is 10.2. The second kappa shape index (κ2) is 9.10. The van der Waals surface area contributed by atoms with Crippen LogP contribution in [0.15, 0.2) is 41.8 Å². The van der Waals surface area contributed by atoms with Crippen LogP contribution in [0.2, 0.25) is 0 Å². The van der Waals surface area contributed by atoms with Crippen molar-refractivity contribution in [1.82, 2.24) is 9.80 Å². The van der Waals surface area contributed by atoms with Gasteiger partial charge >= 0.3 is 0 Å². The highest BCUT2D eigenvalue weighted by molar-refractivity contribution is 7.09. The lowest BCUT2D eigenvalue weighted by Crippen LogP contribution is -2.35. The number of carbonyl (C=O) groups excluding carboxylic acids is 1. The van der Waals surface area contributed by atoms with E-state index in [1.807, 2.05) is 30.1 Å². The summed E-state index contributed by atoms with van der Waals surface area (Å²) in [5.74, 6) is 0.0139. The molecule has 0 saturated carbocycles. The van der Waals surface area contributed by atoms with Crippen LogP contribution in [-0.4, -0.2) is 55.6 Å². The average Bonchev–Trinajstić information content (AvgIpc) is 3.10. The van der Waals surface area contributed by atoms with Crippen LogP contribution in [0.5, 0.6) is 0 Å². The highest BCUT2D eigenvalue weighted by Crippen LogP contribution is 2.13. The number of thiophene rings is 1. The number of likely N-dealkylation sites (N-methyl/N-ethyl adjacent to an activating group) is 1. The molecule has 1 aliphatic heterocycles. The number of ether oxygens (including phenoxy) is 1. The molecule has 1 aromatic heterocycles. The van der Waals surface area contributed by atoms with Gasteiger partial charge in [-0.3, -0.25) is 14.6 Å². The van der Waals surface area contributed by atoms with Crippen molar-refractivity contribution in [3.8, 4) is 0 Å². The van der Waals surface area contributed by atoms with Crippen LogP contribution in [0.25, 0.3) is 0 Å². The third-order valence-electron chi connectivity index (χ3n) is 4.17. The van der Waals surface area contributed by atoms with Gasteiger partial charge in [0.05, 0.1) is 19.8 Å². The standard InChI is InChI=1S/C19H25N3O2S/c1-21(14-18-3-2-12-25-18)15-19(23)20-17-6-4-16(5-7-17)13-22-8-10-24-11-9-22/h2-7,12H,8-11,13-15H2,1H3,(H,20,23). The summed E-state index contributed by atoms with van der Waals surface area (Å²) in [6.45, 7) is 5.70. The van der Waals surface area contributed by atoms with Crippen LogP contribution in [0.4, 0.5) is 5.69 Å². The Labute approximate surface area is 153 Å². The molecule has 25 heavy (non-hydrogen) atoms. The van der Waals surface area contributed by atoms with Crippen LogP contribution < -0.4 is 5.32 Å². The minimum Gasteiger partial charge on any atom is -0.379 e. The SMILES string of the molecule is CN(CC(=O)Nc1ccc(CN2CCOCC2)cc1)Cc1cccs1. The van der Waals surface area contributed by atoms with Crippen molar-refractivity contribution in [3.05, 3.63) is 52.2 Å². The Hall–Kier alpha value is -1.73. The molecule has 1 saturated heterocycles. The van der Waals surface area contributed by atoms with Crippen LogP contribution in [-0.2, 0) is 22.6 Å². The quantitative estimate of drug-likeness (QED) is 0.825.